The van der Waals surface area contributed by atoms with E-state index in [0.717, 1.165) is 10.9 Å². The maximum atomic E-state index is 12.7. The highest BCUT2D eigenvalue weighted by atomic mass is 79.9. The summed E-state index contributed by atoms with van der Waals surface area (Å²) in [5.74, 6) is 0.446. The van der Waals surface area contributed by atoms with Gasteiger partial charge in [0.15, 0.2) is 0 Å². The van der Waals surface area contributed by atoms with Crippen LogP contribution < -0.4 is 4.74 Å². The van der Waals surface area contributed by atoms with Gasteiger partial charge in [0.25, 0.3) is 0 Å². The van der Waals surface area contributed by atoms with E-state index in [1.54, 1.807) is 12.1 Å². The van der Waals surface area contributed by atoms with Crippen LogP contribution in [0.2, 0.25) is 0 Å². The van der Waals surface area contributed by atoms with Crippen LogP contribution in [0, 0.1) is 5.82 Å². The van der Waals surface area contributed by atoms with Gasteiger partial charge >= 0.3 is 0 Å². The quantitative estimate of drug-likeness (QED) is 0.821. The minimum Gasteiger partial charge on any atom is -0.493 e. The summed E-state index contributed by atoms with van der Waals surface area (Å²) >= 11 is 3.49. The van der Waals surface area contributed by atoms with E-state index in [0.29, 0.717) is 12.4 Å². The molecule has 0 saturated carbocycles. The fourth-order valence-corrected chi connectivity index (χ4v) is 1.99. The summed E-state index contributed by atoms with van der Waals surface area (Å²) in [7, 11) is 0. The molecule has 0 N–H and O–H groups in total. The first-order chi connectivity index (χ1) is 8.25. The monoisotopic (exact) mass is 294 g/mol. The second-order valence-electron chi connectivity index (χ2n) is 3.64. The van der Waals surface area contributed by atoms with Crippen molar-refractivity contribution >= 4 is 15.9 Å². The predicted molar refractivity (Wildman–Crippen MR) is 69.7 cm³/mol. The van der Waals surface area contributed by atoms with Gasteiger partial charge in [0.2, 0.25) is 0 Å². The molecule has 0 aliphatic heterocycles. The van der Waals surface area contributed by atoms with Crippen molar-refractivity contribution in [1.82, 2.24) is 0 Å². The second-order valence-corrected chi connectivity index (χ2v) is 4.50. The van der Waals surface area contributed by atoms with Crippen molar-refractivity contribution in [2.45, 2.75) is 6.42 Å². The number of halogens is 2. The summed E-state index contributed by atoms with van der Waals surface area (Å²) in [6.07, 6.45) is 0.818. The van der Waals surface area contributed by atoms with E-state index in [1.165, 1.54) is 17.7 Å². The van der Waals surface area contributed by atoms with Gasteiger partial charge in [-0.25, -0.2) is 4.39 Å². The molecule has 17 heavy (non-hydrogen) atoms. The molecule has 0 aromatic heterocycles. The molecule has 0 spiro atoms. The molecule has 3 heteroatoms. The lowest BCUT2D eigenvalue weighted by Crippen LogP contribution is -2.01. The Labute approximate surface area is 108 Å². The summed E-state index contributed by atoms with van der Waals surface area (Å²) in [5, 5.41) is 0. The molecule has 0 heterocycles. The molecule has 0 bridgehead atoms. The molecule has 0 fully saturated rings. The van der Waals surface area contributed by atoms with Gasteiger partial charge in [-0.15, -0.1) is 0 Å². The van der Waals surface area contributed by atoms with E-state index in [4.69, 9.17) is 4.74 Å². The molecule has 2 aromatic carbocycles. The van der Waals surface area contributed by atoms with Gasteiger partial charge in [-0.05, 0) is 35.9 Å². The minimum atomic E-state index is -0.247. The third-order valence-corrected chi connectivity index (χ3v) is 3.19. The molecule has 1 nitrogen and oxygen atoms in total. The van der Waals surface area contributed by atoms with Gasteiger partial charge in [0.1, 0.15) is 11.6 Å². The molecule has 0 aliphatic carbocycles. The fraction of sp³-hybridized carbons (Fsp3) is 0.143. The SMILES string of the molecule is Fc1ccc(OCCc2ccccc2Br)cc1. The molecular formula is C14H12BrFO. The van der Waals surface area contributed by atoms with Crippen LogP contribution in [0.25, 0.3) is 0 Å². The lowest BCUT2D eigenvalue weighted by atomic mass is 10.2. The highest BCUT2D eigenvalue weighted by Crippen LogP contribution is 2.17. The van der Waals surface area contributed by atoms with E-state index in [-0.39, 0.29) is 5.82 Å². The number of rotatable bonds is 4. The average molecular weight is 295 g/mol. The van der Waals surface area contributed by atoms with Crippen molar-refractivity contribution in [2.24, 2.45) is 0 Å². The molecule has 0 saturated heterocycles. The van der Waals surface area contributed by atoms with Gasteiger partial charge in [0.05, 0.1) is 6.61 Å². The first kappa shape index (κ1) is 12.1. The molecule has 0 radical (unpaired) electrons. The fourth-order valence-electron chi connectivity index (χ4n) is 1.51. The Morgan fingerprint density at radius 1 is 1.00 bits per heavy atom. The highest BCUT2D eigenvalue weighted by molar-refractivity contribution is 9.10. The van der Waals surface area contributed by atoms with Crippen LogP contribution in [0.1, 0.15) is 5.56 Å². The normalized spacial score (nSPS) is 10.2. The molecule has 0 atom stereocenters. The van der Waals surface area contributed by atoms with Crippen molar-refractivity contribution in [2.75, 3.05) is 6.61 Å². The van der Waals surface area contributed by atoms with Gasteiger partial charge in [0, 0.05) is 10.9 Å². The molecular weight excluding hydrogens is 283 g/mol. The second kappa shape index (κ2) is 5.82. The summed E-state index contributed by atoms with van der Waals surface area (Å²) in [6, 6.07) is 14.1. The van der Waals surface area contributed by atoms with Crippen molar-refractivity contribution in [3.63, 3.8) is 0 Å². The molecule has 88 valence electrons. The standard InChI is InChI=1S/C14H12BrFO/c15-14-4-2-1-3-11(14)9-10-17-13-7-5-12(16)6-8-13/h1-8H,9-10H2. The molecule has 0 aliphatic rings. The highest BCUT2D eigenvalue weighted by Gasteiger charge is 1.99. The van der Waals surface area contributed by atoms with Crippen molar-refractivity contribution < 1.29 is 9.13 Å². The largest absolute Gasteiger partial charge is 0.493 e. The predicted octanol–water partition coefficient (Wildman–Crippen LogP) is 4.21. The van der Waals surface area contributed by atoms with E-state index >= 15 is 0 Å². The van der Waals surface area contributed by atoms with E-state index < -0.39 is 0 Å². The Morgan fingerprint density at radius 2 is 1.71 bits per heavy atom. The third kappa shape index (κ3) is 3.56. The first-order valence-corrected chi connectivity index (χ1v) is 6.17. The van der Waals surface area contributed by atoms with E-state index in [2.05, 4.69) is 22.0 Å². The average Bonchev–Trinajstić information content (AvgIpc) is 2.34. The molecule has 0 unspecified atom stereocenters. The summed E-state index contributed by atoms with van der Waals surface area (Å²) in [6.45, 7) is 0.578. The van der Waals surface area contributed by atoms with Crippen LogP contribution in [-0.4, -0.2) is 6.61 Å². The maximum absolute atomic E-state index is 12.7. The van der Waals surface area contributed by atoms with E-state index in [1.807, 2.05) is 18.2 Å². The smallest absolute Gasteiger partial charge is 0.123 e. The maximum Gasteiger partial charge on any atom is 0.123 e. The van der Waals surface area contributed by atoms with Crippen molar-refractivity contribution in [3.05, 3.63) is 64.4 Å². The van der Waals surface area contributed by atoms with Gasteiger partial charge in [-0.1, -0.05) is 34.1 Å². The molecule has 0 amide bonds. The lowest BCUT2D eigenvalue weighted by Gasteiger charge is -2.07. The summed E-state index contributed by atoms with van der Waals surface area (Å²) in [4.78, 5) is 0. The first-order valence-electron chi connectivity index (χ1n) is 5.37. The van der Waals surface area contributed by atoms with Crippen LogP contribution in [0.5, 0.6) is 5.75 Å². The Hall–Kier alpha value is -1.35. The Kier molecular flexibility index (Phi) is 4.15. The van der Waals surface area contributed by atoms with Gasteiger partial charge in [-0.2, -0.15) is 0 Å². The Morgan fingerprint density at radius 3 is 2.41 bits per heavy atom. The van der Waals surface area contributed by atoms with Crippen LogP contribution in [0.3, 0.4) is 0 Å². The molecule has 2 aromatic rings. The molecule has 2 rings (SSSR count). The van der Waals surface area contributed by atoms with Crippen LogP contribution >= 0.6 is 15.9 Å². The zero-order valence-electron chi connectivity index (χ0n) is 9.20. The third-order valence-electron chi connectivity index (χ3n) is 2.41. The van der Waals surface area contributed by atoms with E-state index in [9.17, 15) is 4.39 Å². The van der Waals surface area contributed by atoms with Gasteiger partial charge in [-0.3, -0.25) is 0 Å². The summed E-state index contributed by atoms with van der Waals surface area (Å²) in [5.41, 5.74) is 1.20. The van der Waals surface area contributed by atoms with Crippen LogP contribution in [-0.2, 0) is 6.42 Å². The van der Waals surface area contributed by atoms with Crippen molar-refractivity contribution in [3.8, 4) is 5.75 Å². The minimum absolute atomic E-state index is 0.247. The topological polar surface area (TPSA) is 9.23 Å². The zero-order valence-corrected chi connectivity index (χ0v) is 10.8. The van der Waals surface area contributed by atoms with Crippen LogP contribution in [0.15, 0.2) is 53.0 Å². The zero-order chi connectivity index (χ0) is 12.1. The van der Waals surface area contributed by atoms with Crippen LogP contribution in [0.4, 0.5) is 4.39 Å². The number of hydrogen-bond acceptors (Lipinski definition) is 1. The van der Waals surface area contributed by atoms with Gasteiger partial charge < -0.3 is 4.74 Å². The number of benzene rings is 2. The summed E-state index contributed by atoms with van der Waals surface area (Å²) < 4.78 is 19.3. The Bertz CT molecular complexity index is 482. The number of ether oxygens (including phenoxy) is 1. The Balaban J connectivity index is 1.88. The van der Waals surface area contributed by atoms with Crippen molar-refractivity contribution in [1.29, 1.82) is 0 Å². The number of hydrogen-bond donors (Lipinski definition) is 0. The lowest BCUT2D eigenvalue weighted by molar-refractivity contribution is 0.321.